The third-order valence-corrected chi connectivity index (χ3v) is 8.88. The fraction of sp³-hybridized carbons (Fsp3) is 0.407. The lowest BCUT2D eigenvalue weighted by molar-refractivity contribution is 0.390. The van der Waals surface area contributed by atoms with Crippen molar-refractivity contribution in [2.75, 3.05) is 0 Å². The van der Waals surface area contributed by atoms with Gasteiger partial charge in [0.05, 0.1) is 0 Å². The summed E-state index contributed by atoms with van der Waals surface area (Å²) >= 11 is 7.72. The lowest BCUT2D eigenvalue weighted by Crippen LogP contribution is -2.26. The first-order valence-corrected chi connectivity index (χ1v) is 12.4. The average Bonchev–Trinajstić information content (AvgIpc) is 3.20. The van der Waals surface area contributed by atoms with Crippen LogP contribution in [-0.2, 0) is 0 Å². The zero-order chi connectivity index (χ0) is 20.5. The molecule has 0 N–H and O–H groups in total. The van der Waals surface area contributed by atoms with Crippen molar-refractivity contribution >= 4 is 37.9 Å². The van der Waals surface area contributed by atoms with Crippen LogP contribution in [0.1, 0.15) is 70.4 Å². The minimum Gasteiger partial charge on any atom is -0.0697 e. The molecule has 0 heterocycles. The molecule has 2 atom stereocenters. The average molecular weight is 512 g/mol. The number of allylic oxidation sites excluding steroid dienone is 9. The van der Waals surface area contributed by atoms with Crippen molar-refractivity contribution in [2.45, 2.75) is 59.3 Å². The van der Waals surface area contributed by atoms with Crippen LogP contribution in [0.25, 0.3) is 6.08 Å². The molecule has 5 rings (SSSR count). The third-order valence-electron chi connectivity index (χ3n) is 7.48. The zero-order valence-corrected chi connectivity index (χ0v) is 20.9. The molecule has 0 bridgehead atoms. The van der Waals surface area contributed by atoms with E-state index in [-0.39, 0.29) is 5.41 Å². The van der Waals surface area contributed by atoms with Crippen molar-refractivity contribution in [3.05, 3.63) is 83.9 Å². The highest BCUT2D eigenvalue weighted by molar-refractivity contribution is 9.12. The Morgan fingerprint density at radius 1 is 1.00 bits per heavy atom. The Bertz CT molecular complexity index is 1070. The van der Waals surface area contributed by atoms with Gasteiger partial charge in [-0.05, 0) is 79.5 Å². The molecule has 0 amide bonds. The molecule has 2 heteroatoms. The Morgan fingerprint density at radius 3 is 2.55 bits per heavy atom. The molecule has 0 aromatic heterocycles. The van der Waals surface area contributed by atoms with Crippen LogP contribution in [0, 0.1) is 11.3 Å². The Balaban J connectivity index is 1.66. The maximum Gasteiger partial charge on any atom is 0.0250 e. The van der Waals surface area contributed by atoms with Crippen molar-refractivity contribution in [2.24, 2.45) is 11.3 Å². The van der Waals surface area contributed by atoms with E-state index >= 15 is 0 Å². The normalized spacial score (nSPS) is 26.1. The van der Waals surface area contributed by atoms with E-state index in [2.05, 4.69) is 96.0 Å². The number of hydrogen-bond acceptors (Lipinski definition) is 0. The molecule has 0 aliphatic heterocycles. The summed E-state index contributed by atoms with van der Waals surface area (Å²) in [6, 6.07) is 6.67. The second-order valence-corrected chi connectivity index (χ2v) is 11.4. The molecule has 1 aromatic carbocycles. The second-order valence-electron chi connectivity index (χ2n) is 9.65. The van der Waals surface area contributed by atoms with Gasteiger partial charge in [0.2, 0.25) is 0 Å². The lowest BCUT2D eigenvalue weighted by atomic mass is 9.65. The standard InChI is InChI=1S/C27H28Br2/c1-15-12-20-17-8-5-6-9-18(17)24(29)14-22(20)26(15)27(3,4)25-16(2)13-21-19(25)10-7-11-23(21)28/h7,10-14,20,25H,5-6,8-9H2,1-4H3. The summed E-state index contributed by atoms with van der Waals surface area (Å²) in [7, 11) is 0. The number of hydrogen-bond donors (Lipinski definition) is 0. The molecule has 0 fully saturated rings. The topological polar surface area (TPSA) is 0 Å². The molecular weight excluding hydrogens is 484 g/mol. The van der Waals surface area contributed by atoms with Gasteiger partial charge in [0, 0.05) is 26.2 Å². The van der Waals surface area contributed by atoms with Crippen molar-refractivity contribution in [3.8, 4) is 0 Å². The van der Waals surface area contributed by atoms with Gasteiger partial charge in [-0.1, -0.05) is 86.7 Å². The maximum absolute atomic E-state index is 3.94. The van der Waals surface area contributed by atoms with Gasteiger partial charge in [-0.25, -0.2) is 0 Å². The fourth-order valence-corrected chi connectivity index (χ4v) is 7.72. The van der Waals surface area contributed by atoms with Crippen molar-refractivity contribution in [1.29, 1.82) is 0 Å². The van der Waals surface area contributed by atoms with E-state index in [0.717, 1.165) is 0 Å². The highest BCUT2D eigenvalue weighted by Crippen LogP contribution is 2.58. The van der Waals surface area contributed by atoms with Gasteiger partial charge in [-0.3, -0.25) is 0 Å². The molecule has 0 saturated carbocycles. The summed E-state index contributed by atoms with van der Waals surface area (Å²) in [4.78, 5) is 0. The van der Waals surface area contributed by atoms with Crippen molar-refractivity contribution < 1.29 is 0 Å². The van der Waals surface area contributed by atoms with Gasteiger partial charge in [-0.2, -0.15) is 0 Å². The van der Waals surface area contributed by atoms with Crippen LogP contribution >= 0.6 is 31.9 Å². The molecule has 4 aliphatic carbocycles. The molecular formula is C27H28Br2. The minimum absolute atomic E-state index is 0.0355. The van der Waals surface area contributed by atoms with Gasteiger partial charge in [-0.15, -0.1) is 0 Å². The van der Waals surface area contributed by atoms with Crippen LogP contribution in [0.2, 0.25) is 0 Å². The Hall–Kier alpha value is -1.12. The highest BCUT2D eigenvalue weighted by Gasteiger charge is 2.44. The number of fused-ring (bicyclic) bond motifs is 3. The van der Waals surface area contributed by atoms with E-state index in [9.17, 15) is 0 Å². The molecule has 29 heavy (non-hydrogen) atoms. The second kappa shape index (κ2) is 6.95. The minimum atomic E-state index is 0.0355. The van der Waals surface area contributed by atoms with Crippen molar-refractivity contribution in [3.63, 3.8) is 0 Å². The smallest absolute Gasteiger partial charge is 0.0250 e. The van der Waals surface area contributed by atoms with Crippen LogP contribution in [-0.4, -0.2) is 0 Å². The summed E-state index contributed by atoms with van der Waals surface area (Å²) < 4.78 is 2.54. The van der Waals surface area contributed by atoms with E-state index in [1.807, 2.05) is 0 Å². The number of halogens is 2. The van der Waals surface area contributed by atoms with E-state index in [1.165, 1.54) is 62.5 Å². The summed E-state index contributed by atoms with van der Waals surface area (Å²) in [5.41, 5.74) is 12.2. The predicted molar refractivity (Wildman–Crippen MR) is 131 cm³/mol. The quantitative estimate of drug-likeness (QED) is 0.371. The Morgan fingerprint density at radius 2 is 1.76 bits per heavy atom. The molecule has 4 aliphatic rings. The fourth-order valence-electron chi connectivity index (χ4n) is 6.52. The first kappa shape index (κ1) is 19.8. The van der Waals surface area contributed by atoms with E-state index in [4.69, 9.17) is 0 Å². The summed E-state index contributed by atoms with van der Waals surface area (Å²) in [5.74, 6) is 0.905. The van der Waals surface area contributed by atoms with E-state index in [0.29, 0.717) is 11.8 Å². The molecule has 0 saturated heterocycles. The summed E-state index contributed by atoms with van der Waals surface area (Å²) in [5, 5.41) is 0. The van der Waals surface area contributed by atoms with Gasteiger partial charge in [0.1, 0.15) is 0 Å². The molecule has 1 aromatic rings. The number of rotatable bonds is 2. The van der Waals surface area contributed by atoms with E-state index < -0.39 is 0 Å². The molecule has 0 radical (unpaired) electrons. The van der Waals surface area contributed by atoms with Gasteiger partial charge < -0.3 is 0 Å². The molecule has 0 spiro atoms. The molecule has 0 nitrogen and oxygen atoms in total. The van der Waals surface area contributed by atoms with Crippen LogP contribution in [0.15, 0.2) is 72.7 Å². The van der Waals surface area contributed by atoms with Crippen LogP contribution in [0.3, 0.4) is 0 Å². The zero-order valence-electron chi connectivity index (χ0n) is 17.7. The SMILES string of the molecule is CC1=CC2C(=C1C(C)(C)C1C(C)=Cc3c(Br)cccc31)C=C(Br)C1=C2CCCC1. The van der Waals surface area contributed by atoms with Crippen LogP contribution < -0.4 is 0 Å². The maximum atomic E-state index is 3.94. The first-order valence-electron chi connectivity index (χ1n) is 10.8. The van der Waals surface area contributed by atoms with E-state index in [1.54, 1.807) is 16.7 Å². The summed E-state index contributed by atoms with van der Waals surface area (Å²) in [6.45, 7) is 9.56. The molecule has 2 unspecified atom stereocenters. The van der Waals surface area contributed by atoms with Gasteiger partial charge in [0.25, 0.3) is 0 Å². The largest absolute Gasteiger partial charge is 0.0697 e. The predicted octanol–water partition coefficient (Wildman–Crippen LogP) is 9.01. The van der Waals surface area contributed by atoms with Crippen LogP contribution in [0.5, 0.6) is 0 Å². The number of benzene rings is 1. The Kier molecular flexibility index (Phi) is 4.75. The van der Waals surface area contributed by atoms with Crippen LogP contribution in [0.4, 0.5) is 0 Å². The Labute approximate surface area is 191 Å². The van der Waals surface area contributed by atoms with Crippen molar-refractivity contribution in [1.82, 2.24) is 0 Å². The lowest BCUT2D eigenvalue weighted by Gasteiger charge is -2.38. The summed E-state index contributed by atoms with van der Waals surface area (Å²) in [6.07, 6.45) is 12.5. The monoisotopic (exact) mass is 510 g/mol. The molecule has 150 valence electrons. The first-order chi connectivity index (χ1) is 13.8. The highest BCUT2D eigenvalue weighted by atomic mass is 79.9. The third kappa shape index (κ3) is 2.89. The van der Waals surface area contributed by atoms with Gasteiger partial charge >= 0.3 is 0 Å². The van der Waals surface area contributed by atoms with Gasteiger partial charge in [0.15, 0.2) is 0 Å².